The highest BCUT2D eigenvalue weighted by atomic mass is 35.5. The highest BCUT2D eigenvalue weighted by Gasteiger charge is 2.24. The lowest BCUT2D eigenvalue weighted by molar-refractivity contribution is 0.221. The summed E-state index contributed by atoms with van der Waals surface area (Å²) in [6, 6.07) is 14.1. The van der Waals surface area contributed by atoms with Gasteiger partial charge in [-0.2, -0.15) is 0 Å². The second-order valence-corrected chi connectivity index (χ2v) is 13.7. The van der Waals surface area contributed by atoms with Gasteiger partial charge in [0.2, 0.25) is 5.95 Å². The molecule has 7 nitrogen and oxygen atoms in total. The lowest BCUT2D eigenvalue weighted by atomic mass is 9.90. The van der Waals surface area contributed by atoms with Gasteiger partial charge in [0.15, 0.2) is 9.84 Å². The second-order valence-electron chi connectivity index (χ2n) is 11.3. The molecule has 2 aromatic carbocycles. The Labute approximate surface area is 248 Å². The molecule has 216 valence electrons. The fraction of sp³-hybridized carbons (Fsp3) is 0.406. The van der Waals surface area contributed by atoms with Crippen LogP contribution in [0.5, 0.6) is 0 Å². The van der Waals surface area contributed by atoms with E-state index in [9.17, 15) is 8.42 Å². The molecular weight excluding hydrogens is 554 g/mol. The van der Waals surface area contributed by atoms with Crippen molar-refractivity contribution < 1.29 is 8.42 Å². The van der Waals surface area contributed by atoms with Crippen molar-refractivity contribution in [3.05, 3.63) is 76.2 Å². The zero-order chi connectivity index (χ0) is 29.3. The first-order chi connectivity index (χ1) is 19.6. The van der Waals surface area contributed by atoms with Gasteiger partial charge in [-0.25, -0.2) is 18.4 Å². The molecule has 9 heteroatoms. The predicted molar refractivity (Wildman–Crippen MR) is 167 cm³/mol. The number of aromatic nitrogens is 3. The molecule has 2 aromatic heterocycles. The van der Waals surface area contributed by atoms with E-state index < -0.39 is 9.84 Å². The number of rotatable bonds is 8. The Morgan fingerprint density at radius 3 is 2.46 bits per heavy atom. The van der Waals surface area contributed by atoms with Gasteiger partial charge in [-0.1, -0.05) is 36.7 Å². The molecule has 1 saturated carbocycles. The average molecular weight is 592 g/mol. The van der Waals surface area contributed by atoms with Crippen LogP contribution in [0.3, 0.4) is 0 Å². The molecule has 0 bridgehead atoms. The number of halogens is 1. The second kappa shape index (κ2) is 12.0. The molecule has 2 heterocycles. The third-order valence-corrected chi connectivity index (χ3v) is 10.5. The van der Waals surface area contributed by atoms with E-state index >= 15 is 0 Å². The Hall–Kier alpha value is -3.07. The van der Waals surface area contributed by atoms with E-state index in [1.54, 1.807) is 31.2 Å². The maximum atomic E-state index is 13.1. The molecule has 1 aliphatic carbocycles. The number of aryl methyl sites for hydroxylation is 3. The smallest absolute Gasteiger partial charge is 0.223 e. The summed E-state index contributed by atoms with van der Waals surface area (Å²) >= 11 is 6.32. The Balaban J connectivity index is 1.38. The third-order valence-electron chi connectivity index (χ3n) is 8.19. The topological polar surface area (TPSA) is 88.1 Å². The molecule has 0 radical (unpaired) electrons. The van der Waals surface area contributed by atoms with Gasteiger partial charge in [0.1, 0.15) is 0 Å². The summed E-state index contributed by atoms with van der Waals surface area (Å²) in [6.07, 6.45) is 7.32. The van der Waals surface area contributed by atoms with E-state index in [0.717, 1.165) is 58.1 Å². The number of sulfone groups is 1. The monoisotopic (exact) mass is 591 g/mol. The van der Waals surface area contributed by atoms with Crippen LogP contribution < -0.4 is 5.32 Å². The number of fused-ring (bicyclic) bond motifs is 1. The van der Waals surface area contributed by atoms with Gasteiger partial charge in [-0.05, 0) is 101 Å². The van der Waals surface area contributed by atoms with E-state index in [-0.39, 0.29) is 15.7 Å². The zero-order valence-corrected chi connectivity index (χ0v) is 26.0. The average Bonchev–Trinajstić information content (AvgIpc) is 2.94. The first-order valence-electron chi connectivity index (χ1n) is 14.2. The Kier molecular flexibility index (Phi) is 8.64. The summed E-state index contributed by atoms with van der Waals surface area (Å²) in [4.78, 5) is 16.7. The van der Waals surface area contributed by atoms with Crippen molar-refractivity contribution >= 4 is 38.3 Å². The van der Waals surface area contributed by atoms with Gasteiger partial charge in [0.05, 0.1) is 26.9 Å². The summed E-state index contributed by atoms with van der Waals surface area (Å²) in [7, 11) is 0.674. The number of anilines is 1. The van der Waals surface area contributed by atoms with Crippen LogP contribution >= 0.6 is 11.6 Å². The Morgan fingerprint density at radius 2 is 1.78 bits per heavy atom. The van der Waals surface area contributed by atoms with Crippen molar-refractivity contribution in [1.29, 1.82) is 0 Å². The highest BCUT2D eigenvalue weighted by molar-refractivity contribution is 7.90. The fourth-order valence-electron chi connectivity index (χ4n) is 5.76. The molecule has 0 aliphatic heterocycles. The maximum Gasteiger partial charge on any atom is 0.223 e. The minimum atomic E-state index is -3.64. The summed E-state index contributed by atoms with van der Waals surface area (Å²) in [6.45, 7) is 5.84. The van der Waals surface area contributed by atoms with E-state index in [4.69, 9.17) is 16.6 Å². The molecule has 0 amide bonds. The number of hydrogen-bond acceptors (Lipinski definition) is 7. The SMILES string of the molecule is CCc1cc(-c2ccc(CS(=O)(=O)c3cccc(C)c3Cl)nc2C)cc2cnc(NC3CCC(N(C)C)CC3)nc12. The van der Waals surface area contributed by atoms with Crippen molar-refractivity contribution in [3.8, 4) is 11.1 Å². The van der Waals surface area contributed by atoms with Gasteiger partial charge in [0.25, 0.3) is 0 Å². The minimum absolute atomic E-state index is 0.139. The Morgan fingerprint density at radius 1 is 1.02 bits per heavy atom. The molecule has 0 saturated heterocycles. The Bertz CT molecular complexity index is 1680. The number of benzene rings is 2. The van der Waals surface area contributed by atoms with Crippen molar-refractivity contribution in [1.82, 2.24) is 19.9 Å². The van der Waals surface area contributed by atoms with E-state index in [0.29, 0.717) is 23.7 Å². The molecule has 0 spiro atoms. The fourth-order valence-corrected chi connectivity index (χ4v) is 7.67. The zero-order valence-electron chi connectivity index (χ0n) is 24.4. The van der Waals surface area contributed by atoms with Crippen LogP contribution in [0, 0.1) is 13.8 Å². The molecule has 1 fully saturated rings. The van der Waals surface area contributed by atoms with E-state index in [1.807, 2.05) is 19.2 Å². The lowest BCUT2D eigenvalue weighted by Gasteiger charge is -2.33. The molecule has 1 aliphatic rings. The van der Waals surface area contributed by atoms with E-state index in [2.05, 4.69) is 53.3 Å². The van der Waals surface area contributed by atoms with Crippen LogP contribution in [-0.4, -0.2) is 54.4 Å². The first kappa shape index (κ1) is 29.4. The van der Waals surface area contributed by atoms with Crippen LogP contribution in [0.2, 0.25) is 5.02 Å². The highest BCUT2D eigenvalue weighted by Crippen LogP contribution is 2.32. The predicted octanol–water partition coefficient (Wildman–Crippen LogP) is 6.78. The van der Waals surface area contributed by atoms with Gasteiger partial charge in [-0.15, -0.1) is 0 Å². The van der Waals surface area contributed by atoms with Crippen LogP contribution in [0.4, 0.5) is 5.95 Å². The van der Waals surface area contributed by atoms with Crippen LogP contribution in [0.25, 0.3) is 22.0 Å². The molecule has 41 heavy (non-hydrogen) atoms. The molecular formula is C32H38ClN5O2S. The quantitative estimate of drug-likeness (QED) is 0.241. The number of pyridine rings is 1. The van der Waals surface area contributed by atoms with Crippen LogP contribution in [-0.2, 0) is 22.0 Å². The summed E-state index contributed by atoms with van der Waals surface area (Å²) < 4.78 is 26.2. The number of nitrogens with one attached hydrogen (secondary N) is 1. The maximum absolute atomic E-state index is 13.1. The van der Waals surface area contributed by atoms with Gasteiger partial charge in [0, 0.05) is 34.9 Å². The number of nitrogens with zero attached hydrogens (tertiary/aromatic N) is 4. The largest absolute Gasteiger partial charge is 0.351 e. The lowest BCUT2D eigenvalue weighted by Crippen LogP contribution is -2.36. The minimum Gasteiger partial charge on any atom is -0.351 e. The summed E-state index contributed by atoms with van der Waals surface area (Å²) in [5.41, 5.74) is 6.05. The van der Waals surface area contributed by atoms with Crippen molar-refractivity contribution in [2.24, 2.45) is 0 Å². The van der Waals surface area contributed by atoms with Crippen LogP contribution in [0.15, 0.2) is 53.6 Å². The van der Waals surface area contributed by atoms with Crippen LogP contribution in [0.1, 0.15) is 55.1 Å². The van der Waals surface area contributed by atoms with Crippen molar-refractivity contribution in [2.45, 2.75) is 75.6 Å². The van der Waals surface area contributed by atoms with Gasteiger partial charge >= 0.3 is 0 Å². The molecule has 0 unspecified atom stereocenters. The molecule has 4 aromatic rings. The van der Waals surface area contributed by atoms with E-state index in [1.165, 1.54) is 12.8 Å². The molecule has 5 rings (SSSR count). The summed E-state index contributed by atoms with van der Waals surface area (Å²) in [5, 5.41) is 4.81. The molecule has 0 atom stereocenters. The van der Waals surface area contributed by atoms with Gasteiger partial charge in [-0.3, -0.25) is 4.98 Å². The third kappa shape index (κ3) is 6.40. The standard InChI is InChI=1S/C32H38ClN5O2S/c1-6-22-16-23(17-24-18-34-32(37-31(22)24)36-25-10-13-27(14-11-25)38(4)5)28-15-12-26(35-21(28)3)19-41(39,40)29-9-7-8-20(2)30(29)33/h7-9,12,15-18,25,27H,6,10-11,13-14,19H2,1-5H3,(H,34,36,37). The van der Waals surface area contributed by atoms with Gasteiger partial charge < -0.3 is 10.2 Å². The van der Waals surface area contributed by atoms with Crippen molar-refractivity contribution in [3.63, 3.8) is 0 Å². The van der Waals surface area contributed by atoms with Crippen molar-refractivity contribution in [2.75, 3.05) is 19.4 Å². The summed E-state index contributed by atoms with van der Waals surface area (Å²) in [5.74, 6) is 0.473. The normalized spacial score (nSPS) is 17.7. The first-order valence-corrected chi connectivity index (χ1v) is 16.3. The number of hydrogen-bond donors (Lipinski definition) is 1. The molecule has 1 N–H and O–H groups in total.